The van der Waals surface area contributed by atoms with E-state index in [0.717, 1.165) is 31.6 Å². The fourth-order valence-electron chi connectivity index (χ4n) is 1.83. The molecule has 0 radical (unpaired) electrons. The number of unbranched alkanes of at least 4 members (excludes halogenated alkanes) is 2. The number of hydrogen-bond acceptors (Lipinski definition) is 3. The molecule has 4 nitrogen and oxygen atoms in total. The maximum absolute atomic E-state index is 12.2. The molecule has 1 aromatic rings. The third-order valence-corrected chi connectivity index (χ3v) is 2.85. The number of carbonyl (C=O) groups is 1. The summed E-state index contributed by atoms with van der Waals surface area (Å²) in [6.07, 6.45) is 3.36. The van der Waals surface area contributed by atoms with Crippen LogP contribution in [0.3, 0.4) is 0 Å². The van der Waals surface area contributed by atoms with Gasteiger partial charge in [0.2, 0.25) is 0 Å². The molecule has 0 aliphatic rings. The predicted molar refractivity (Wildman–Crippen MR) is 79.5 cm³/mol. The molecule has 0 spiro atoms. The lowest BCUT2D eigenvalue weighted by molar-refractivity contribution is 0.0787. The van der Waals surface area contributed by atoms with Gasteiger partial charge in [0, 0.05) is 19.6 Å². The minimum absolute atomic E-state index is 0.0106. The zero-order chi connectivity index (χ0) is 14.3. The summed E-state index contributed by atoms with van der Waals surface area (Å²) in [5, 5.41) is 3.21. The number of amides is 1. The molecule has 1 rings (SSSR count). The first-order valence-corrected chi connectivity index (χ1v) is 7.03. The monoisotopic (exact) mass is 263 g/mol. The van der Waals surface area contributed by atoms with Gasteiger partial charge in [0.05, 0.1) is 0 Å². The second kappa shape index (κ2) is 7.77. The van der Waals surface area contributed by atoms with Gasteiger partial charge in [0.1, 0.15) is 11.5 Å². The highest BCUT2D eigenvalue weighted by atomic mass is 16.2. The van der Waals surface area contributed by atoms with Crippen molar-refractivity contribution in [2.75, 3.05) is 18.9 Å². The van der Waals surface area contributed by atoms with Crippen LogP contribution in [0.4, 0.5) is 5.82 Å². The SMILES string of the molecule is CCCCCN(C)C(=O)c1cccc(NC(C)C)n1. The van der Waals surface area contributed by atoms with Crippen LogP contribution >= 0.6 is 0 Å². The lowest BCUT2D eigenvalue weighted by Gasteiger charge is -2.17. The molecule has 0 fully saturated rings. The van der Waals surface area contributed by atoms with Crippen molar-refractivity contribution in [3.05, 3.63) is 23.9 Å². The molecule has 0 aromatic carbocycles. The summed E-state index contributed by atoms with van der Waals surface area (Å²) in [6.45, 7) is 7.04. The molecule has 0 aliphatic carbocycles. The Morgan fingerprint density at radius 2 is 2.11 bits per heavy atom. The van der Waals surface area contributed by atoms with Gasteiger partial charge >= 0.3 is 0 Å². The molecule has 1 aromatic heterocycles. The molecule has 0 bridgehead atoms. The number of nitrogens with one attached hydrogen (secondary N) is 1. The zero-order valence-electron chi connectivity index (χ0n) is 12.4. The van der Waals surface area contributed by atoms with Gasteiger partial charge in [-0.2, -0.15) is 0 Å². The van der Waals surface area contributed by atoms with E-state index in [4.69, 9.17) is 0 Å². The van der Waals surface area contributed by atoms with Crippen LogP contribution in [-0.4, -0.2) is 35.4 Å². The summed E-state index contributed by atoms with van der Waals surface area (Å²) in [5.74, 6) is 0.742. The average molecular weight is 263 g/mol. The number of rotatable bonds is 7. The summed E-state index contributed by atoms with van der Waals surface area (Å²) in [4.78, 5) is 18.3. The Balaban J connectivity index is 2.65. The normalized spacial score (nSPS) is 10.6. The van der Waals surface area contributed by atoms with Gasteiger partial charge in [0.25, 0.3) is 5.91 Å². The Kier molecular flexibility index (Phi) is 6.33. The van der Waals surface area contributed by atoms with E-state index in [1.165, 1.54) is 0 Å². The van der Waals surface area contributed by atoms with Crippen molar-refractivity contribution in [2.24, 2.45) is 0 Å². The summed E-state index contributed by atoms with van der Waals surface area (Å²) in [7, 11) is 1.84. The molecule has 19 heavy (non-hydrogen) atoms. The second-order valence-electron chi connectivity index (χ2n) is 5.14. The lowest BCUT2D eigenvalue weighted by atomic mass is 10.2. The van der Waals surface area contributed by atoms with Gasteiger partial charge in [0.15, 0.2) is 0 Å². The molecule has 0 saturated heterocycles. The molecule has 4 heteroatoms. The number of nitrogens with zero attached hydrogens (tertiary/aromatic N) is 2. The van der Waals surface area contributed by atoms with Crippen molar-refractivity contribution in [3.63, 3.8) is 0 Å². The largest absolute Gasteiger partial charge is 0.368 e. The fourth-order valence-corrected chi connectivity index (χ4v) is 1.83. The summed E-state index contributed by atoms with van der Waals surface area (Å²) >= 11 is 0. The summed E-state index contributed by atoms with van der Waals surface area (Å²) in [5.41, 5.74) is 0.504. The number of hydrogen-bond donors (Lipinski definition) is 1. The highest BCUT2D eigenvalue weighted by molar-refractivity contribution is 5.92. The molecule has 1 heterocycles. The van der Waals surface area contributed by atoms with Gasteiger partial charge < -0.3 is 10.2 Å². The third-order valence-electron chi connectivity index (χ3n) is 2.85. The van der Waals surface area contributed by atoms with Gasteiger partial charge in [-0.1, -0.05) is 25.8 Å². The molecule has 0 saturated carbocycles. The van der Waals surface area contributed by atoms with Crippen molar-refractivity contribution in [1.29, 1.82) is 0 Å². The van der Waals surface area contributed by atoms with Crippen molar-refractivity contribution in [1.82, 2.24) is 9.88 Å². The van der Waals surface area contributed by atoms with Crippen LogP contribution in [0.15, 0.2) is 18.2 Å². The van der Waals surface area contributed by atoms with Gasteiger partial charge in [-0.3, -0.25) is 4.79 Å². The number of carbonyl (C=O) groups excluding carboxylic acids is 1. The van der Waals surface area contributed by atoms with Crippen LogP contribution in [-0.2, 0) is 0 Å². The topological polar surface area (TPSA) is 45.2 Å². The van der Waals surface area contributed by atoms with E-state index in [9.17, 15) is 4.79 Å². The molecule has 0 atom stereocenters. The first kappa shape index (κ1) is 15.5. The Morgan fingerprint density at radius 1 is 1.37 bits per heavy atom. The maximum Gasteiger partial charge on any atom is 0.272 e. The quantitative estimate of drug-likeness (QED) is 0.769. The van der Waals surface area contributed by atoms with Crippen molar-refractivity contribution in [3.8, 4) is 0 Å². The maximum atomic E-state index is 12.2. The molecular weight excluding hydrogens is 238 g/mol. The van der Waals surface area contributed by atoms with E-state index in [1.54, 1.807) is 11.0 Å². The summed E-state index contributed by atoms with van der Waals surface area (Å²) in [6, 6.07) is 5.82. The molecule has 0 unspecified atom stereocenters. The van der Waals surface area contributed by atoms with E-state index in [1.807, 2.05) is 33.0 Å². The van der Waals surface area contributed by atoms with Gasteiger partial charge in [-0.25, -0.2) is 4.98 Å². The van der Waals surface area contributed by atoms with E-state index in [2.05, 4.69) is 17.2 Å². The van der Waals surface area contributed by atoms with Crippen LogP contribution in [0.25, 0.3) is 0 Å². The Hall–Kier alpha value is -1.58. The van der Waals surface area contributed by atoms with Crippen LogP contribution < -0.4 is 5.32 Å². The Bertz CT molecular complexity index is 404. The zero-order valence-corrected chi connectivity index (χ0v) is 12.4. The van der Waals surface area contributed by atoms with E-state index >= 15 is 0 Å². The minimum atomic E-state index is -0.0106. The number of anilines is 1. The number of pyridine rings is 1. The van der Waals surface area contributed by atoms with Gasteiger partial charge in [-0.05, 0) is 32.4 Å². The van der Waals surface area contributed by atoms with E-state index in [0.29, 0.717) is 11.7 Å². The predicted octanol–water partition coefficient (Wildman–Crippen LogP) is 3.16. The first-order chi connectivity index (χ1) is 9.04. The standard InChI is InChI=1S/C15H25N3O/c1-5-6-7-11-18(4)15(19)13-9-8-10-14(17-13)16-12(2)3/h8-10,12H,5-7,11H2,1-4H3,(H,16,17). The molecule has 106 valence electrons. The fraction of sp³-hybridized carbons (Fsp3) is 0.600. The van der Waals surface area contributed by atoms with Crippen LogP contribution in [0.5, 0.6) is 0 Å². The van der Waals surface area contributed by atoms with Crippen molar-refractivity contribution in [2.45, 2.75) is 46.1 Å². The molecule has 0 aliphatic heterocycles. The summed E-state index contributed by atoms with van der Waals surface area (Å²) < 4.78 is 0. The van der Waals surface area contributed by atoms with E-state index < -0.39 is 0 Å². The Morgan fingerprint density at radius 3 is 2.74 bits per heavy atom. The highest BCUT2D eigenvalue weighted by Gasteiger charge is 2.13. The Labute approximate surface area is 116 Å². The minimum Gasteiger partial charge on any atom is -0.368 e. The lowest BCUT2D eigenvalue weighted by Crippen LogP contribution is -2.28. The van der Waals surface area contributed by atoms with Crippen LogP contribution in [0.1, 0.15) is 50.5 Å². The average Bonchev–Trinajstić information content (AvgIpc) is 2.37. The van der Waals surface area contributed by atoms with Crippen LogP contribution in [0.2, 0.25) is 0 Å². The first-order valence-electron chi connectivity index (χ1n) is 7.03. The molecule has 1 amide bonds. The van der Waals surface area contributed by atoms with Crippen molar-refractivity contribution < 1.29 is 4.79 Å². The van der Waals surface area contributed by atoms with Gasteiger partial charge in [-0.15, -0.1) is 0 Å². The second-order valence-corrected chi connectivity index (χ2v) is 5.14. The van der Waals surface area contributed by atoms with E-state index in [-0.39, 0.29) is 5.91 Å². The third kappa shape index (κ3) is 5.28. The smallest absolute Gasteiger partial charge is 0.272 e. The molecule has 1 N–H and O–H groups in total. The van der Waals surface area contributed by atoms with Crippen molar-refractivity contribution >= 4 is 11.7 Å². The highest BCUT2D eigenvalue weighted by Crippen LogP contribution is 2.09. The molecular formula is C15H25N3O. The van der Waals surface area contributed by atoms with Crippen LogP contribution in [0, 0.1) is 0 Å². The number of aromatic nitrogens is 1.